The smallest absolute Gasteiger partial charge is 0.261 e. The third-order valence-electron chi connectivity index (χ3n) is 4.49. The molecule has 0 radical (unpaired) electrons. The van der Waals surface area contributed by atoms with Crippen molar-refractivity contribution in [1.82, 2.24) is 5.16 Å². The molecule has 1 fully saturated rings. The highest BCUT2D eigenvalue weighted by Gasteiger charge is 2.22. The summed E-state index contributed by atoms with van der Waals surface area (Å²) in [7, 11) is 0. The van der Waals surface area contributed by atoms with E-state index >= 15 is 0 Å². The number of piperidine rings is 1. The van der Waals surface area contributed by atoms with Crippen molar-refractivity contribution in [3.05, 3.63) is 41.3 Å². The molecule has 2 heterocycles. The molecule has 5 nitrogen and oxygen atoms in total. The highest BCUT2D eigenvalue weighted by Crippen LogP contribution is 2.25. The summed E-state index contributed by atoms with van der Waals surface area (Å²) in [5.74, 6) is 0.589. The average molecular weight is 327 g/mol. The molecule has 1 saturated heterocycles. The number of nitrogens with zero attached hydrogens (tertiary/aromatic N) is 2. The van der Waals surface area contributed by atoms with Gasteiger partial charge in [0.1, 0.15) is 5.56 Å². The van der Waals surface area contributed by atoms with Gasteiger partial charge < -0.3 is 14.7 Å². The molecule has 3 rings (SSSR count). The van der Waals surface area contributed by atoms with E-state index in [1.807, 2.05) is 26.0 Å². The minimum absolute atomic E-state index is 0.119. The van der Waals surface area contributed by atoms with E-state index in [4.69, 9.17) is 4.52 Å². The Morgan fingerprint density at radius 3 is 2.46 bits per heavy atom. The lowest BCUT2D eigenvalue weighted by molar-refractivity contribution is 0.102. The fourth-order valence-corrected chi connectivity index (χ4v) is 3.16. The second-order valence-electron chi connectivity index (χ2n) is 6.71. The second-order valence-corrected chi connectivity index (χ2v) is 6.71. The molecular weight excluding hydrogens is 302 g/mol. The normalized spacial score (nSPS) is 14.9. The van der Waals surface area contributed by atoms with Gasteiger partial charge in [-0.2, -0.15) is 0 Å². The molecule has 1 aliphatic rings. The van der Waals surface area contributed by atoms with Gasteiger partial charge in [0.15, 0.2) is 5.76 Å². The maximum Gasteiger partial charge on any atom is 0.261 e. The Morgan fingerprint density at radius 2 is 1.83 bits per heavy atom. The SMILES string of the molecule is Cc1noc(C(C)C)c1C(=O)Nc1ccc(N2CCCCC2)cc1. The summed E-state index contributed by atoms with van der Waals surface area (Å²) in [5, 5.41) is 6.89. The summed E-state index contributed by atoms with van der Waals surface area (Å²) in [6.45, 7) is 8.00. The van der Waals surface area contributed by atoms with Crippen molar-refractivity contribution in [3.8, 4) is 0 Å². The summed E-state index contributed by atoms with van der Waals surface area (Å²) < 4.78 is 5.30. The monoisotopic (exact) mass is 327 g/mol. The number of benzene rings is 1. The molecule has 1 N–H and O–H groups in total. The molecule has 0 bridgehead atoms. The van der Waals surface area contributed by atoms with E-state index in [9.17, 15) is 4.79 Å². The Balaban J connectivity index is 1.72. The van der Waals surface area contributed by atoms with Crippen molar-refractivity contribution >= 4 is 17.3 Å². The Morgan fingerprint density at radius 1 is 1.17 bits per heavy atom. The number of carbonyl (C=O) groups excluding carboxylic acids is 1. The van der Waals surface area contributed by atoms with Gasteiger partial charge in [-0.15, -0.1) is 0 Å². The quantitative estimate of drug-likeness (QED) is 0.907. The topological polar surface area (TPSA) is 58.4 Å². The zero-order valence-corrected chi connectivity index (χ0v) is 14.6. The first kappa shape index (κ1) is 16.6. The minimum atomic E-state index is -0.164. The lowest BCUT2D eigenvalue weighted by atomic mass is 10.0. The van der Waals surface area contributed by atoms with Crippen molar-refractivity contribution in [2.45, 2.75) is 46.0 Å². The Kier molecular flexibility index (Phi) is 4.88. The van der Waals surface area contributed by atoms with Crippen molar-refractivity contribution in [2.75, 3.05) is 23.3 Å². The maximum atomic E-state index is 12.6. The number of carbonyl (C=O) groups is 1. The molecule has 0 atom stereocenters. The molecule has 5 heteroatoms. The van der Waals surface area contributed by atoms with Crippen molar-refractivity contribution in [3.63, 3.8) is 0 Å². The van der Waals surface area contributed by atoms with Gasteiger partial charge in [-0.1, -0.05) is 19.0 Å². The summed E-state index contributed by atoms with van der Waals surface area (Å²) in [6.07, 6.45) is 3.83. The second kappa shape index (κ2) is 7.07. The van der Waals surface area contributed by atoms with Crippen LogP contribution in [0, 0.1) is 6.92 Å². The Bertz CT molecular complexity index is 698. The van der Waals surface area contributed by atoms with Crippen LogP contribution in [0.5, 0.6) is 0 Å². The molecule has 0 aliphatic carbocycles. The molecule has 0 spiro atoms. The van der Waals surface area contributed by atoms with Crippen LogP contribution in [0.25, 0.3) is 0 Å². The van der Waals surface area contributed by atoms with E-state index in [1.54, 1.807) is 6.92 Å². The van der Waals surface area contributed by atoms with Gasteiger partial charge in [-0.05, 0) is 50.5 Å². The van der Waals surface area contributed by atoms with Crippen LogP contribution in [0.1, 0.15) is 60.8 Å². The fourth-order valence-electron chi connectivity index (χ4n) is 3.16. The Labute approximate surface area is 143 Å². The number of nitrogens with one attached hydrogen (secondary N) is 1. The van der Waals surface area contributed by atoms with Gasteiger partial charge in [0.05, 0.1) is 5.69 Å². The van der Waals surface area contributed by atoms with E-state index in [0.717, 1.165) is 18.8 Å². The van der Waals surface area contributed by atoms with E-state index in [-0.39, 0.29) is 11.8 Å². The van der Waals surface area contributed by atoms with Gasteiger partial charge in [0, 0.05) is 30.4 Å². The third-order valence-corrected chi connectivity index (χ3v) is 4.49. The number of amides is 1. The molecule has 0 saturated carbocycles. The molecule has 24 heavy (non-hydrogen) atoms. The van der Waals surface area contributed by atoms with Crippen molar-refractivity contribution < 1.29 is 9.32 Å². The van der Waals surface area contributed by atoms with E-state index < -0.39 is 0 Å². The van der Waals surface area contributed by atoms with Gasteiger partial charge in [-0.25, -0.2) is 0 Å². The molecule has 128 valence electrons. The zero-order valence-electron chi connectivity index (χ0n) is 14.6. The number of anilines is 2. The lowest BCUT2D eigenvalue weighted by Crippen LogP contribution is -2.29. The molecule has 1 aromatic heterocycles. The summed E-state index contributed by atoms with van der Waals surface area (Å²) >= 11 is 0. The first-order valence-corrected chi connectivity index (χ1v) is 8.69. The van der Waals surface area contributed by atoms with Crippen LogP contribution < -0.4 is 10.2 Å². The standard InChI is InChI=1S/C19H25N3O2/c1-13(2)18-17(14(3)21-24-18)19(23)20-15-7-9-16(10-8-15)22-11-5-4-6-12-22/h7-10,13H,4-6,11-12H2,1-3H3,(H,20,23). The highest BCUT2D eigenvalue weighted by molar-refractivity contribution is 6.05. The highest BCUT2D eigenvalue weighted by atomic mass is 16.5. The number of aryl methyl sites for hydroxylation is 1. The van der Waals surface area contributed by atoms with Crippen LogP contribution in [0.2, 0.25) is 0 Å². The van der Waals surface area contributed by atoms with Gasteiger partial charge >= 0.3 is 0 Å². The lowest BCUT2D eigenvalue weighted by Gasteiger charge is -2.28. The number of aromatic nitrogens is 1. The van der Waals surface area contributed by atoms with Crippen LogP contribution in [0.3, 0.4) is 0 Å². The van der Waals surface area contributed by atoms with Crippen LogP contribution in [-0.2, 0) is 0 Å². The van der Waals surface area contributed by atoms with Gasteiger partial charge in [0.25, 0.3) is 5.91 Å². The summed E-state index contributed by atoms with van der Waals surface area (Å²) in [5.41, 5.74) is 3.18. The van der Waals surface area contributed by atoms with Crippen LogP contribution in [-0.4, -0.2) is 24.2 Å². The number of hydrogen-bond donors (Lipinski definition) is 1. The fraction of sp³-hybridized carbons (Fsp3) is 0.474. The molecule has 1 aromatic carbocycles. The van der Waals surface area contributed by atoms with Crippen LogP contribution in [0.4, 0.5) is 11.4 Å². The van der Waals surface area contributed by atoms with Crippen molar-refractivity contribution in [1.29, 1.82) is 0 Å². The van der Waals surface area contributed by atoms with Crippen LogP contribution in [0.15, 0.2) is 28.8 Å². The third kappa shape index (κ3) is 3.45. The first-order valence-electron chi connectivity index (χ1n) is 8.69. The predicted octanol–water partition coefficient (Wildman–Crippen LogP) is 4.35. The summed E-state index contributed by atoms with van der Waals surface area (Å²) in [6, 6.07) is 8.06. The van der Waals surface area contributed by atoms with E-state index in [0.29, 0.717) is 17.0 Å². The zero-order chi connectivity index (χ0) is 17.1. The maximum absolute atomic E-state index is 12.6. The largest absolute Gasteiger partial charge is 0.372 e. The number of rotatable bonds is 4. The van der Waals surface area contributed by atoms with Gasteiger partial charge in [0.2, 0.25) is 0 Å². The molecule has 1 amide bonds. The number of hydrogen-bond acceptors (Lipinski definition) is 4. The van der Waals surface area contributed by atoms with E-state index in [1.165, 1.54) is 24.9 Å². The summed E-state index contributed by atoms with van der Waals surface area (Å²) in [4.78, 5) is 15.0. The molecule has 0 unspecified atom stereocenters. The average Bonchev–Trinajstić information content (AvgIpc) is 2.98. The predicted molar refractivity (Wildman–Crippen MR) is 95.8 cm³/mol. The van der Waals surface area contributed by atoms with E-state index in [2.05, 4.69) is 27.5 Å². The molecule has 2 aromatic rings. The molecule has 1 aliphatic heterocycles. The van der Waals surface area contributed by atoms with Crippen molar-refractivity contribution in [2.24, 2.45) is 0 Å². The van der Waals surface area contributed by atoms with Crippen LogP contribution >= 0.6 is 0 Å². The first-order chi connectivity index (χ1) is 11.6. The molecular formula is C19H25N3O2. The minimum Gasteiger partial charge on any atom is -0.372 e. The van der Waals surface area contributed by atoms with Gasteiger partial charge in [-0.3, -0.25) is 4.79 Å². The Hall–Kier alpha value is -2.30.